The van der Waals surface area contributed by atoms with Crippen molar-refractivity contribution in [3.05, 3.63) is 34.3 Å². The Balaban J connectivity index is 2.02. The second-order valence-corrected chi connectivity index (χ2v) is 5.98. The van der Waals surface area contributed by atoms with E-state index in [4.69, 9.17) is 0 Å². The number of nitrogens with zero attached hydrogens (tertiary/aromatic N) is 2. The minimum absolute atomic E-state index is 0.123. The fraction of sp³-hybridized carbons (Fsp3) is 0.357. The van der Waals surface area contributed by atoms with Gasteiger partial charge >= 0.3 is 0 Å². The van der Waals surface area contributed by atoms with Gasteiger partial charge in [0.2, 0.25) is 11.0 Å². The molecule has 0 saturated carbocycles. The smallest absolute Gasteiger partial charge is 0.248 e. The maximum absolute atomic E-state index is 12.1. The average molecular weight is 290 g/mol. The van der Waals surface area contributed by atoms with Gasteiger partial charge in [-0.2, -0.15) is 0 Å². The van der Waals surface area contributed by atoms with Crippen LogP contribution in [0.5, 0.6) is 0 Å². The number of carbonyl (C=O) groups is 1. The van der Waals surface area contributed by atoms with Crippen molar-refractivity contribution in [3.8, 4) is 0 Å². The number of hydrogen-bond acceptors (Lipinski definition) is 5. The summed E-state index contributed by atoms with van der Waals surface area (Å²) < 4.78 is 0. The molecule has 6 heteroatoms. The first kappa shape index (κ1) is 14.5. The predicted molar refractivity (Wildman–Crippen MR) is 82.3 cm³/mol. The third-order valence-corrected chi connectivity index (χ3v) is 3.67. The van der Waals surface area contributed by atoms with Crippen molar-refractivity contribution in [2.45, 2.75) is 33.7 Å². The van der Waals surface area contributed by atoms with E-state index >= 15 is 0 Å². The zero-order valence-electron chi connectivity index (χ0n) is 12.0. The van der Waals surface area contributed by atoms with Crippen LogP contribution in [0, 0.1) is 20.8 Å². The summed E-state index contributed by atoms with van der Waals surface area (Å²) in [5, 5.41) is 15.1. The van der Waals surface area contributed by atoms with Crippen molar-refractivity contribution >= 4 is 28.1 Å². The number of rotatable bonds is 4. The molecule has 1 amide bonds. The van der Waals surface area contributed by atoms with Gasteiger partial charge in [-0.15, -0.1) is 10.2 Å². The van der Waals surface area contributed by atoms with Crippen LogP contribution >= 0.6 is 11.3 Å². The van der Waals surface area contributed by atoms with E-state index in [1.54, 1.807) is 0 Å². The van der Waals surface area contributed by atoms with E-state index in [1.807, 2.05) is 39.8 Å². The van der Waals surface area contributed by atoms with Gasteiger partial charge < -0.3 is 5.32 Å². The molecule has 2 aromatic rings. The van der Waals surface area contributed by atoms with Crippen molar-refractivity contribution in [2.24, 2.45) is 0 Å². The molecule has 20 heavy (non-hydrogen) atoms. The molecule has 1 aromatic heterocycles. The first-order valence-corrected chi connectivity index (χ1v) is 7.22. The molecule has 0 unspecified atom stereocenters. The maximum Gasteiger partial charge on any atom is 0.248 e. The third-order valence-electron chi connectivity index (χ3n) is 2.91. The van der Waals surface area contributed by atoms with Crippen LogP contribution in [0.2, 0.25) is 0 Å². The first-order valence-electron chi connectivity index (χ1n) is 6.40. The molecule has 0 aliphatic carbocycles. The Kier molecular flexibility index (Phi) is 4.34. The summed E-state index contributed by atoms with van der Waals surface area (Å²) >= 11 is 1.36. The topological polar surface area (TPSA) is 66.9 Å². The van der Waals surface area contributed by atoms with Crippen LogP contribution in [0.4, 0.5) is 10.8 Å². The van der Waals surface area contributed by atoms with Gasteiger partial charge in [0.15, 0.2) is 0 Å². The number of nitrogens with one attached hydrogen (secondary N) is 2. The lowest BCUT2D eigenvalue weighted by Crippen LogP contribution is -2.32. The van der Waals surface area contributed by atoms with Gasteiger partial charge in [0, 0.05) is 5.69 Å². The molecular formula is C14H18N4OS. The van der Waals surface area contributed by atoms with Crippen LogP contribution < -0.4 is 10.6 Å². The SMILES string of the molecule is Cc1ccc(C)c(N[C@H](C)C(=O)Nc2nnc(C)s2)c1. The van der Waals surface area contributed by atoms with Crippen molar-refractivity contribution in [1.82, 2.24) is 10.2 Å². The molecule has 0 fully saturated rings. The lowest BCUT2D eigenvalue weighted by atomic mass is 10.1. The van der Waals surface area contributed by atoms with E-state index in [9.17, 15) is 4.79 Å². The molecule has 0 spiro atoms. The van der Waals surface area contributed by atoms with Crippen LogP contribution in [-0.4, -0.2) is 22.1 Å². The van der Waals surface area contributed by atoms with Crippen LogP contribution in [0.3, 0.4) is 0 Å². The van der Waals surface area contributed by atoms with E-state index in [-0.39, 0.29) is 11.9 Å². The number of carbonyl (C=O) groups excluding carboxylic acids is 1. The summed E-state index contributed by atoms with van der Waals surface area (Å²) in [5.41, 5.74) is 3.24. The second kappa shape index (κ2) is 6.00. The van der Waals surface area contributed by atoms with Crippen molar-refractivity contribution < 1.29 is 4.79 Å². The fourth-order valence-corrected chi connectivity index (χ4v) is 2.35. The quantitative estimate of drug-likeness (QED) is 0.908. The number of aryl methyl sites for hydroxylation is 3. The molecule has 1 atom stereocenters. The summed E-state index contributed by atoms with van der Waals surface area (Å²) in [6.07, 6.45) is 0. The van der Waals surface area contributed by atoms with Gasteiger partial charge in [-0.3, -0.25) is 10.1 Å². The molecule has 0 aliphatic rings. The van der Waals surface area contributed by atoms with E-state index in [2.05, 4.69) is 26.9 Å². The average Bonchev–Trinajstić information content (AvgIpc) is 2.79. The Morgan fingerprint density at radius 1 is 1.25 bits per heavy atom. The standard InChI is InChI=1S/C14H18N4OS/c1-8-5-6-9(2)12(7-8)15-10(3)13(19)16-14-18-17-11(4)20-14/h5-7,10,15H,1-4H3,(H,16,18,19)/t10-/m1/s1. The third kappa shape index (κ3) is 3.54. The van der Waals surface area contributed by atoms with E-state index < -0.39 is 0 Å². The van der Waals surface area contributed by atoms with E-state index in [1.165, 1.54) is 11.3 Å². The molecule has 0 aliphatic heterocycles. The van der Waals surface area contributed by atoms with Crippen molar-refractivity contribution in [2.75, 3.05) is 10.6 Å². The highest BCUT2D eigenvalue weighted by atomic mass is 32.1. The molecule has 1 heterocycles. The zero-order chi connectivity index (χ0) is 14.7. The van der Waals surface area contributed by atoms with E-state index in [0.717, 1.165) is 21.8 Å². The monoisotopic (exact) mass is 290 g/mol. The number of benzene rings is 1. The minimum atomic E-state index is -0.347. The molecule has 0 saturated heterocycles. The van der Waals surface area contributed by atoms with Crippen LogP contribution in [0.15, 0.2) is 18.2 Å². The predicted octanol–water partition coefficient (Wildman–Crippen LogP) is 2.90. The molecular weight excluding hydrogens is 272 g/mol. The summed E-state index contributed by atoms with van der Waals surface area (Å²) in [6.45, 7) is 7.72. The second-order valence-electron chi connectivity index (χ2n) is 4.80. The number of amides is 1. The van der Waals surface area contributed by atoms with Gasteiger partial charge in [0.1, 0.15) is 11.0 Å². The van der Waals surface area contributed by atoms with Gasteiger partial charge in [-0.1, -0.05) is 23.5 Å². The Hall–Kier alpha value is -1.95. The molecule has 1 aromatic carbocycles. The molecule has 0 bridgehead atoms. The van der Waals surface area contributed by atoms with Crippen LogP contribution in [-0.2, 0) is 4.79 Å². The number of anilines is 2. The number of aromatic nitrogens is 2. The Morgan fingerprint density at radius 3 is 2.65 bits per heavy atom. The van der Waals surface area contributed by atoms with Gasteiger partial charge in [-0.25, -0.2) is 0 Å². The van der Waals surface area contributed by atoms with Crippen molar-refractivity contribution in [1.29, 1.82) is 0 Å². The lowest BCUT2D eigenvalue weighted by molar-refractivity contribution is -0.116. The first-order chi connectivity index (χ1) is 9.45. The van der Waals surface area contributed by atoms with Crippen molar-refractivity contribution in [3.63, 3.8) is 0 Å². The van der Waals surface area contributed by atoms with Gasteiger partial charge in [-0.05, 0) is 44.9 Å². The molecule has 2 rings (SSSR count). The summed E-state index contributed by atoms with van der Waals surface area (Å²) in [4.78, 5) is 12.1. The lowest BCUT2D eigenvalue weighted by Gasteiger charge is -2.16. The normalized spacial score (nSPS) is 12.0. The van der Waals surface area contributed by atoms with E-state index in [0.29, 0.717) is 5.13 Å². The van der Waals surface area contributed by atoms with Crippen LogP contribution in [0.25, 0.3) is 0 Å². The molecule has 2 N–H and O–H groups in total. The largest absolute Gasteiger partial charge is 0.374 e. The number of hydrogen-bond donors (Lipinski definition) is 2. The molecule has 106 valence electrons. The summed E-state index contributed by atoms with van der Waals surface area (Å²) in [7, 11) is 0. The van der Waals surface area contributed by atoms with Crippen LogP contribution in [0.1, 0.15) is 23.1 Å². The fourth-order valence-electron chi connectivity index (χ4n) is 1.75. The van der Waals surface area contributed by atoms with Gasteiger partial charge in [0.25, 0.3) is 0 Å². The maximum atomic E-state index is 12.1. The Labute approximate surface area is 122 Å². The highest BCUT2D eigenvalue weighted by Crippen LogP contribution is 2.18. The minimum Gasteiger partial charge on any atom is -0.374 e. The Morgan fingerprint density at radius 2 is 2.00 bits per heavy atom. The zero-order valence-corrected chi connectivity index (χ0v) is 12.8. The summed E-state index contributed by atoms with van der Waals surface area (Å²) in [5.74, 6) is -0.123. The van der Waals surface area contributed by atoms with Gasteiger partial charge in [0.05, 0.1) is 0 Å². The Bertz CT molecular complexity index is 623. The molecule has 0 radical (unpaired) electrons. The highest BCUT2D eigenvalue weighted by Gasteiger charge is 2.15. The molecule has 5 nitrogen and oxygen atoms in total. The summed E-state index contributed by atoms with van der Waals surface area (Å²) in [6, 6.07) is 5.78. The highest BCUT2D eigenvalue weighted by molar-refractivity contribution is 7.15.